The maximum atomic E-state index is 12.9. The first-order valence-corrected chi connectivity index (χ1v) is 11.8. The minimum absolute atomic E-state index is 0.296. The third kappa shape index (κ3) is 4.11. The minimum atomic E-state index is 0.296. The van der Waals surface area contributed by atoms with Crippen LogP contribution in [0.15, 0.2) is 24.3 Å². The first-order valence-electron chi connectivity index (χ1n) is 11.0. The molecule has 0 radical (unpaired) electrons. The number of amides is 1. The number of hydrogen-bond acceptors (Lipinski definition) is 5. The molecule has 0 spiro atoms. The van der Waals surface area contributed by atoms with Gasteiger partial charge in [0.15, 0.2) is 0 Å². The van der Waals surface area contributed by atoms with Crippen molar-refractivity contribution in [3.8, 4) is 10.6 Å². The number of carbonyl (C=O) groups is 1. The van der Waals surface area contributed by atoms with Crippen molar-refractivity contribution in [1.29, 1.82) is 0 Å². The van der Waals surface area contributed by atoms with Gasteiger partial charge in [0.25, 0.3) is 0 Å². The molecule has 29 heavy (non-hydrogen) atoms. The molecule has 3 heterocycles. The van der Waals surface area contributed by atoms with E-state index in [2.05, 4.69) is 45.9 Å². The fourth-order valence-corrected chi connectivity index (χ4v) is 5.81. The van der Waals surface area contributed by atoms with Gasteiger partial charge in [-0.15, -0.1) is 11.3 Å². The standard InChI is InChI=1S/C23H30N4OS/c1-17-4-2-5-18(14-17)23-24-20-8-9-25(15-21(20)29-23)16-22(28)27-12-10-26(11-13-27)19-6-3-7-19/h2,4-5,14,19H,3,6-13,15-16H2,1H3. The summed E-state index contributed by atoms with van der Waals surface area (Å²) in [5.41, 5.74) is 3.70. The van der Waals surface area contributed by atoms with Gasteiger partial charge >= 0.3 is 0 Å². The van der Waals surface area contributed by atoms with Crippen LogP contribution >= 0.6 is 11.3 Å². The predicted molar refractivity (Wildman–Crippen MR) is 117 cm³/mol. The zero-order chi connectivity index (χ0) is 19.8. The van der Waals surface area contributed by atoms with Crippen LogP contribution in [0, 0.1) is 6.92 Å². The van der Waals surface area contributed by atoms with E-state index in [1.165, 1.54) is 41.0 Å². The van der Waals surface area contributed by atoms with E-state index >= 15 is 0 Å². The molecule has 2 aromatic rings. The molecule has 0 atom stereocenters. The average molecular weight is 411 g/mol. The zero-order valence-electron chi connectivity index (χ0n) is 17.3. The van der Waals surface area contributed by atoms with Crippen LogP contribution in [0.3, 0.4) is 0 Å². The molecule has 0 unspecified atom stereocenters. The molecular formula is C23H30N4OS. The van der Waals surface area contributed by atoms with Crippen LogP contribution in [0.5, 0.6) is 0 Å². The third-order valence-electron chi connectivity index (χ3n) is 6.69. The van der Waals surface area contributed by atoms with E-state index in [0.29, 0.717) is 12.5 Å². The number of rotatable bonds is 4. The molecule has 5 nitrogen and oxygen atoms in total. The number of nitrogens with zero attached hydrogens (tertiary/aromatic N) is 4. The van der Waals surface area contributed by atoms with Crippen molar-refractivity contribution >= 4 is 17.2 Å². The molecule has 1 saturated carbocycles. The van der Waals surface area contributed by atoms with E-state index in [0.717, 1.165) is 56.7 Å². The Morgan fingerprint density at radius 3 is 2.72 bits per heavy atom. The number of aryl methyl sites for hydroxylation is 1. The molecule has 0 bridgehead atoms. The molecule has 1 aromatic carbocycles. The summed E-state index contributed by atoms with van der Waals surface area (Å²) in [4.78, 5) is 26.1. The summed E-state index contributed by atoms with van der Waals surface area (Å²) in [7, 11) is 0. The van der Waals surface area contributed by atoms with E-state index in [9.17, 15) is 4.79 Å². The van der Waals surface area contributed by atoms with Gasteiger partial charge in [-0.25, -0.2) is 4.98 Å². The number of piperazine rings is 1. The van der Waals surface area contributed by atoms with Crippen molar-refractivity contribution in [2.24, 2.45) is 0 Å². The second kappa shape index (κ2) is 8.17. The maximum Gasteiger partial charge on any atom is 0.236 e. The number of thiazole rings is 1. The Morgan fingerprint density at radius 2 is 2.00 bits per heavy atom. The second-order valence-corrected chi connectivity index (χ2v) is 9.80. The highest BCUT2D eigenvalue weighted by atomic mass is 32.1. The number of aromatic nitrogens is 1. The van der Waals surface area contributed by atoms with E-state index in [1.807, 2.05) is 0 Å². The first-order chi connectivity index (χ1) is 14.2. The Bertz CT molecular complexity index is 883. The summed E-state index contributed by atoms with van der Waals surface area (Å²) in [6, 6.07) is 9.36. The number of benzene rings is 1. The van der Waals surface area contributed by atoms with Gasteiger partial charge in [0, 0.05) is 62.2 Å². The quantitative estimate of drug-likeness (QED) is 0.776. The molecule has 1 aromatic heterocycles. The molecule has 0 N–H and O–H groups in total. The van der Waals surface area contributed by atoms with E-state index in [1.54, 1.807) is 11.3 Å². The number of carbonyl (C=O) groups excluding carboxylic acids is 1. The van der Waals surface area contributed by atoms with Crippen LogP contribution < -0.4 is 0 Å². The lowest BCUT2D eigenvalue weighted by Gasteiger charge is -2.43. The molecule has 5 rings (SSSR count). The van der Waals surface area contributed by atoms with Gasteiger partial charge in [-0.05, 0) is 25.8 Å². The van der Waals surface area contributed by atoms with Crippen molar-refractivity contribution in [2.45, 2.75) is 45.2 Å². The van der Waals surface area contributed by atoms with Crippen LogP contribution in [0.4, 0.5) is 0 Å². The summed E-state index contributed by atoms with van der Waals surface area (Å²) in [6.07, 6.45) is 5.03. The third-order valence-corrected chi connectivity index (χ3v) is 7.82. The maximum absolute atomic E-state index is 12.9. The van der Waals surface area contributed by atoms with Gasteiger partial charge in [0.2, 0.25) is 5.91 Å². The van der Waals surface area contributed by atoms with E-state index in [4.69, 9.17) is 4.98 Å². The van der Waals surface area contributed by atoms with Gasteiger partial charge in [0.1, 0.15) is 5.01 Å². The van der Waals surface area contributed by atoms with Crippen LogP contribution in [0.1, 0.15) is 35.4 Å². The molecule has 2 fully saturated rings. The smallest absolute Gasteiger partial charge is 0.236 e. The molecule has 1 amide bonds. The summed E-state index contributed by atoms with van der Waals surface area (Å²) in [5.74, 6) is 0.296. The van der Waals surface area contributed by atoms with Gasteiger partial charge in [0.05, 0.1) is 12.2 Å². The van der Waals surface area contributed by atoms with E-state index < -0.39 is 0 Å². The van der Waals surface area contributed by atoms with Gasteiger partial charge < -0.3 is 4.90 Å². The van der Waals surface area contributed by atoms with Crippen molar-refractivity contribution < 1.29 is 4.79 Å². The molecule has 6 heteroatoms. The lowest BCUT2D eigenvalue weighted by atomic mass is 9.91. The Labute approximate surface area is 177 Å². The predicted octanol–water partition coefficient (Wildman–Crippen LogP) is 3.17. The number of fused-ring (bicyclic) bond motifs is 1. The zero-order valence-corrected chi connectivity index (χ0v) is 18.1. The summed E-state index contributed by atoms with van der Waals surface area (Å²) < 4.78 is 0. The SMILES string of the molecule is Cc1cccc(-c2nc3c(s2)CN(CC(=O)N2CCN(C4CCC4)CC2)CC3)c1. The Balaban J connectivity index is 1.17. The normalized spacial score (nSPS) is 21.1. The highest BCUT2D eigenvalue weighted by Crippen LogP contribution is 2.32. The van der Waals surface area contributed by atoms with Gasteiger partial charge in [-0.1, -0.05) is 30.2 Å². The van der Waals surface area contributed by atoms with Crippen molar-refractivity contribution in [3.63, 3.8) is 0 Å². The van der Waals surface area contributed by atoms with Gasteiger partial charge in [-0.2, -0.15) is 0 Å². The Morgan fingerprint density at radius 1 is 1.17 bits per heavy atom. The summed E-state index contributed by atoms with van der Waals surface area (Å²) in [6.45, 7) is 8.34. The monoisotopic (exact) mass is 410 g/mol. The molecule has 1 aliphatic carbocycles. The first kappa shape index (κ1) is 19.2. The fraction of sp³-hybridized carbons (Fsp3) is 0.565. The van der Waals surface area contributed by atoms with Crippen molar-refractivity contribution in [3.05, 3.63) is 40.4 Å². The highest BCUT2D eigenvalue weighted by Gasteiger charge is 2.30. The Kier molecular flexibility index (Phi) is 5.41. The molecule has 3 aliphatic rings. The average Bonchev–Trinajstić information content (AvgIpc) is 3.11. The van der Waals surface area contributed by atoms with Crippen LogP contribution in [-0.2, 0) is 17.8 Å². The molecule has 154 valence electrons. The van der Waals surface area contributed by atoms with Crippen molar-refractivity contribution in [1.82, 2.24) is 19.7 Å². The van der Waals surface area contributed by atoms with Crippen LogP contribution in [0.25, 0.3) is 10.6 Å². The molecular weight excluding hydrogens is 380 g/mol. The second-order valence-electron chi connectivity index (χ2n) is 8.72. The van der Waals surface area contributed by atoms with E-state index in [-0.39, 0.29) is 0 Å². The number of hydrogen-bond donors (Lipinski definition) is 0. The van der Waals surface area contributed by atoms with Crippen LogP contribution in [-0.4, -0.2) is 70.9 Å². The minimum Gasteiger partial charge on any atom is -0.339 e. The molecule has 1 saturated heterocycles. The summed E-state index contributed by atoms with van der Waals surface area (Å²) in [5, 5.41) is 1.11. The fourth-order valence-electron chi connectivity index (χ4n) is 4.66. The Hall–Kier alpha value is -1.76. The molecule has 2 aliphatic heterocycles. The van der Waals surface area contributed by atoms with Crippen LogP contribution in [0.2, 0.25) is 0 Å². The lowest BCUT2D eigenvalue weighted by molar-refractivity contribution is -0.135. The lowest BCUT2D eigenvalue weighted by Crippen LogP contribution is -2.55. The largest absolute Gasteiger partial charge is 0.339 e. The van der Waals surface area contributed by atoms with Gasteiger partial charge in [-0.3, -0.25) is 14.6 Å². The van der Waals surface area contributed by atoms with Crippen molar-refractivity contribution in [2.75, 3.05) is 39.3 Å². The highest BCUT2D eigenvalue weighted by molar-refractivity contribution is 7.15. The summed E-state index contributed by atoms with van der Waals surface area (Å²) >= 11 is 1.79. The topological polar surface area (TPSA) is 39.7 Å².